The first-order valence-electron chi connectivity index (χ1n) is 7.83. The maximum absolute atomic E-state index is 12.2. The molecule has 3 aromatic rings. The number of rotatable bonds is 6. The van der Waals surface area contributed by atoms with Gasteiger partial charge in [-0.25, -0.2) is 0 Å². The van der Waals surface area contributed by atoms with Gasteiger partial charge in [0, 0.05) is 5.69 Å². The second-order valence-corrected chi connectivity index (χ2v) is 5.39. The van der Waals surface area contributed by atoms with E-state index in [1.54, 1.807) is 18.2 Å². The van der Waals surface area contributed by atoms with Crippen molar-refractivity contribution in [2.24, 2.45) is 0 Å². The van der Waals surface area contributed by atoms with Crippen molar-refractivity contribution in [3.05, 3.63) is 60.7 Å². The summed E-state index contributed by atoms with van der Waals surface area (Å²) in [5, 5.41) is 5.02. The molecular weight excluding hydrogens is 318 g/mol. The molecule has 128 valence electrons. The van der Waals surface area contributed by atoms with Gasteiger partial charge in [0.25, 0.3) is 5.91 Å². The van der Waals surface area contributed by atoms with Crippen molar-refractivity contribution in [3.8, 4) is 17.2 Å². The lowest BCUT2D eigenvalue weighted by Gasteiger charge is -2.14. The summed E-state index contributed by atoms with van der Waals surface area (Å²) < 4.78 is 16.1. The minimum absolute atomic E-state index is 0.149. The van der Waals surface area contributed by atoms with Gasteiger partial charge in [-0.3, -0.25) is 4.79 Å². The normalized spacial score (nSPS) is 10.3. The van der Waals surface area contributed by atoms with Crippen molar-refractivity contribution in [2.45, 2.75) is 0 Å². The van der Waals surface area contributed by atoms with Gasteiger partial charge in [0.15, 0.2) is 18.1 Å². The first-order chi connectivity index (χ1) is 12.2. The number of carbonyl (C=O) groups excluding carboxylic acids is 1. The third-order valence-corrected chi connectivity index (χ3v) is 3.76. The number of benzene rings is 3. The van der Waals surface area contributed by atoms with Gasteiger partial charge in [-0.1, -0.05) is 36.4 Å². The summed E-state index contributed by atoms with van der Waals surface area (Å²) in [6.07, 6.45) is 0. The van der Waals surface area contributed by atoms with E-state index < -0.39 is 0 Å². The highest BCUT2D eigenvalue weighted by atomic mass is 16.5. The molecule has 0 fully saturated rings. The standard InChI is InChI=1S/C20H19NO4/c1-23-17-8-5-9-18(24-2)20(17)25-13-19(22)21-16-11-10-14-6-3-4-7-15(14)12-16/h3-12H,13H2,1-2H3,(H,21,22). The van der Waals surface area contributed by atoms with Crippen LogP contribution in [0.1, 0.15) is 0 Å². The van der Waals surface area contributed by atoms with Crippen LogP contribution in [0.3, 0.4) is 0 Å². The van der Waals surface area contributed by atoms with E-state index >= 15 is 0 Å². The summed E-state index contributed by atoms with van der Waals surface area (Å²) in [7, 11) is 3.08. The van der Waals surface area contributed by atoms with Crippen molar-refractivity contribution in [1.29, 1.82) is 0 Å². The molecule has 25 heavy (non-hydrogen) atoms. The molecular formula is C20H19NO4. The molecule has 0 aromatic heterocycles. The molecule has 3 aromatic carbocycles. The third-order valence-electron chi connectivity index (χ3n) is 3.76. The molecule has 5 nitrogen and oxygen atoms in total. The van der Waals surface area contributed by atoms with E-state index in [2.05, 4.69) is 5.32 Å². The average Bonchev–Trinajstić information content (AvgIpc) is 2.65. The number of anilines is 1. The highest BCUT2D eigenvalue weighted by Crippen LogP contribution is 2.36. The first-order valence-corrected chi connectivity index (χ1v) is 7.83. The van der Waals surface area contributed by atoms with E-state index in [0.29, 0.717) is 17.2 Å². The van der Waals surface area contributed by atoms with Gasteiger partial charge >= 0.3 is 0 Å². The van der Waals surface area contributed by atoms with Crippen molar-refractivity contribution in [3.63, 3.8) is 0 Å². The Hall–Kier alpha value is -3.21. The fraction of sp³-hybridized carbons (Fsp3) is 0.150. The minimum Gasteiger partial charge on any atom is -0.493 e. The van der Waals surface area contributed by atoms with Crippen LogP contribution in [0.25, 0.3) is 10.8 Å². The lowest BCUT2D eigenvalue weighted by atomic mass is 10.1. The summed E-state index contributed by atoms with van der Waals surface area (Å²) in [4.78, 5) is 12.2. The number of ether oxygens (including phenoxy) is 3. The number of fused-ring (bicyclic) bond motifs is 1. The average molecular weight is 337 g/mol. The Morgan fingerprint density at radius 2 is 1.56 bits per heavy atom. The molecule has 0 unspecified atom stereocenters. The van der Waals surface area contributed by atoms with Crippen LogP contribution < -0.4 is 19.5 Å². The van der Waals surface area contributed by atoms with Crippen LogP contribution in [-0.4, -0.2) is 26.7 Å². The Bertz CT molecular complexity index is 870. The smallest absolute Gasteiger partial charge is 0.262 e. The predicted octanol–water partition coefficient (Wildman–Crippen LogP) is 3.87. The quantitative estimate of drug-likeness (QED) is 0.742. The number of carbonyl (C=O) groups is 1. The molecule has 0 aliphatic heterocycles. The summed E-state index contributed by atoms with van der Waals surface area (Å²) in [6, 6.07) is 19.0. The highest BCUT2D eigenvalue weighted by Gasteiger charge is 2.13. The van der Waals surface area contributed by atoms with Crippen LogP contribution in [0.2, 0.25) is 0 Å². The third kappa shape index (κ3) is 3.83. The zero-order valence-corrected chi connectivity index (χ0v) is 14.1. The SMILES string of the molecule is COc1cccc(OC)c1OCC(=O)Nc1ccc2ccccc2c1. The summed E-state index contributed by atoms with van der Waals surface area (Å²) in [5.74, 6) is 1.17. The molecule has 0 bridgehead atoms. The Morgan fingerprint density at radius 3 is 2.24 bits per heavy atom. The number of para-hydroxylation sites is 1. The highest BCUT2D eigenvalue weighted by molar-refractivity contribution is 5.95. The maximum Gasteiger partial charge on any atom is 0.262 e. The van der Waals surface area contributed by atoms with Gasteiger partial charge in [-0.15, -0.1) is 0 Å². The largest absolute Gasteiger partial charge is 0.493 e. The van der Waals surface area contributed by atoms with E-state index in [4.69, 9.17) is 14.2 Å². The Balaban J connectivity index is 1.68. The van der Waals surface area contributed by atoms with E-state index in [9.17, 15) is 4.79 Å². The fourth-order valence-corrected chi connectivity index (χ4v) is 2.56. The summed E-state index contributed by atoms with van der Waals surface area (Å²) in [5.41, 5.74) is 0.722. The Kier molecular flexibility index (Phi) is 5.04. The molecule has 0 heterocycles. The van der Waals surface area contributed by atoms with E-state index in [1.807, 2.05) is 42.5 Å². The number of nitrogens with one attached hydrogen (secondary N) is 1. The van der Waals surface area contributed by atoms with Crippen LogP contribution in [0.5, 0.6) is 17.2 Å². The van der Waals surface area contributed by atoms with Crippen molar-refractivity contribution >= 4 is 22.4 Å². The second-order valence-electron chi connectivity index (χ2n) is 5.39. The molecule has 1 amide bonds. The zero-order chi connectivity index (χ0) is 17.6. The molecule has 3 rings (SSSR count). The summed E-state index contributed by atoms with van der Waals surface area (Å²) >= 11 is 0. The molecule has 0 aliphatic rings. The fourth-order valence-electron chi connectivity index (χ4n) is 2.56. The predicted molar refractivity (Wildman–Crippen MR) is 97.6 cm³/mol. The Labute approximate surface area is 146 Å². The molecule has 5 heteroatoms. The lowest BCUT2D eigenvalue weighted by Crippen LogP contribution is -2.20. The van der Waals surface area contributed by atoms with Crippen molar-refractivity contribution < 1.29 is 19.0 Å². The second kappa shape index (κ2) is 7.57. The first kappa shape index (κ1) is 16.6. The van der Waals surface area contributed by atoms with Crippen molar-refractivity contribution in [1.82, 2.24) is 0 Å². The van der Waals surface area contributed by atoms with E-state index in [-0.39, 0.29) is 12.5 Å². The lowest BCUT2D eigenvalue weighted by molar-refractivity contribution is -0.118. The minimum atomic E-state index is -0.261. The van der Waals surface area contributed by atoms with Crippen LogP contribution >= 0.6 is 0 Å². The van der Waals surface area contributed by atoms with Gasteiger partial charge in [-0.05, 0) is 35.0 Å². The van der Waals surface area contributed by atoms with E-state index in [0.717, 1.165) is 16.5 Å². The molecule has 0 spiro atoms. The van der Waals surface area contributed by atoms with Gasteiger partial charge in [0.1, 0.15) is 0 Å². The van der Waals surface area contributed by atoms with Crippen LogP contribution in [0, 0.1) is 0 Å². The molecule has 0 radical (unpaired) electrons. The van der Waals surface area contributed by atoms with Crippen LogP contribution in [0.15, 0.2) is 60.7 Å². The molecule has 1 N–H and O–H groups in total. The molecule has 0 aliphatic carbocycles. The topological polar surface area (TPSA) is 56.8 Å². The van der Waals surface area contributed by atoms with Crippen LogP contribution in [-0.2, 0) is 4.79 Å². The van der Waals surface area contributed by atoms with Gasteiger partial charge < -0.3 is 19.5 Å². The Morgan fingerprint density at radius 1 is 0.880 bits per heavy atom. The van der Waals surface area contributed by atoms with Crippen molar-refractivity contribution in [2.75, 3.05) is 26.1 Å². The van der Waals surface area contributed by atoms with Gasteiger partial charge in [-0.2, -0.15) is 0 Å². The number of hydrogen-bond donors (Lipinski definition) is 1. The van der Waals surface area contributed by atoms with Gasteiger partial charge in [0.05, 0.1) is 14.2 Å². The number of methoxy groups -OCH3 is 2. The zero-order valence-electron chi connectivity index (χ0n) is 14.1. The molecule has 0 atom stereocenters. The van der Waals surface area contributed by atoms with E-state index in [1.165, 1.54) is 14.2 Å². The molecule has 0 saturated carbocycles. The molecule has 0 saturated heterocycles. The van der Waals surface area contributed by atoms with Gasteiger partial charge in [0.2, 0.25) is 5.75 Å². The summed E-state index contributed by atoms with van der Waals surface area (Å²) in [6.45, 7) is -0.149. The van der Waals surface area contributed by atoms with Crippen LogP contribution in [0.4, 0.5) is 5.69 Å². The monoisotopic (exact) mass is 337 g/mol. The maximum atomic E-state index is 12.2. The number of hydrogen-bond acceptors (Lipinski definition) is 4. The number of amides is 1.